The Morgan fingerprint density at radius 2 is 2.12 bits per heavy atom. The van der Waals surface area contributed by atoms with Gasteiger partial charge in [0.1, 0.15) is 0 Å². The first-order valence-corrected chi connectivity index (χ1v) is 6.67. The van der Waals surface area contributed by atoms with Crippen molar-refractivity contribution in [1.29, 1.82) is 0 Å². The average Bonchev–Trinajstić information content (AvgIpc) is 2.96. The van der Waals surface area contributed by atoms with Crippen LogP contribution in [0.1, 0.15) is 26.2 Å². The zero-order valence-electron chi connectivity index (χ0n) is 10.2. The molecule has 0 heterocycles. The number of carboxylic acid groups (broad SMARTS) is 1. The van der Waals surface area contributed by atoms with Crippen LogP contribution in [-0.4, -0.2) is 35.7 Å². The maximum Gasteiger partial charge on any atom is 0.328 e. The number of thioether (sulfide) groups is 1. The smallest absolute Gasteiger partial charge is 0.328 e. The second kappa shape index (κ2) is 6.10. The minimum atomic E-state index is -0.904. The zero-order chi connectivity index (χ0) is 12.9. The van der Waals surface area contributed by atoms with Gasteiger partial charge in [-0.1, -0.05) is 5.57 Å². The Labute approximate surface area is 105 Å². The summed E-state index contributed by atoms with van der Waals surface area (Å²) in [4.78, 5) is 21.6. The van der Waals surface area contributed by atoms with E-state index in [0.29, 0.717) is 12.2 Å². The van der Waals surface area contributed by atoms with Crippen molar-refractivity contribution in [3.63, 3.8) is 0 Å². The molecule has 1 rings (SSSR count). The van der Waals surface area contributed by atoms with Crippen molar-refractivity contribution in [3.05, 3.63) is 11.6 Å². The molecule has 4 nitrogen and oxygen atoms in total. The standard InChI is InChI=1S/C12H18O4S/c1-9(5-10(13)14)7-17-8-12(3-4-12)6-11(15)16-2/h5H,3-4,6-8H2,1-2H3,(H,13,14). The van der Waals surface area contributed by atoms with E-state index in [-0.39, 0.29) is 11.4 Å². The van der Waals surface area contributed by atoms with Crippen LogP contribution in [0.15, 0.2) is 11.6 Å². The first kappa shape index (κ1) is 14.1. The Kier molecular flexibility index (Phi) is 5.05. The molecule has 1 aliphatic carbocycles. The van der Waals surface area contributed by atoms with E-state index in [0.717, 1.165) is 24.2 Å². The number of carbonyl (C=O) groups excluding carboxylic acids is 1. The van der Waals surface area contributed by atoms with Crippen molar-refractivity contribution in [2.75, 3.05) is 18.6 Å². The molecule has 96 valence electrons. The summed E-state index contributed by atoms with van der Waals surface area (Å²) < 4.78 is 4.67. The highest BCUT2D eigenvalue weighted by Crippen LogP contribution is 2.51. The Morgan fingerprint density at radius 1 is 1.47 bits per heavy atom. The molecule has 0 saturated heterocycles. The Balaban J connectivity index is 2.27. The van der Waals surface area contributed by atoms with Crippen molar-refractivity contribution in [2.24, 2.45) is 5.41 Å². The van der Waals surface area contributed by atoms with Crippen LogP contribution < -0.4 is 0 Å². The quantitative estimate of drug-likeness (QED) is 0.559. The Bertz CT molecular complexity index is 331. The molecule has 0 amide bonds. The van der Waals surface area contributed by atoms with Crippen LogP contribution in [0.25, 0.3) is 0 Å². The lowest BCUT2D eigenvalue weighted by molar-refractivity contribution is -0.141. The van der Waals surface area contributed by atoms with Gasteiger partial charge in [0.05, 0.1) is 13.5 Å². The molecule has 5 heteroatoms. The lowest BCUT2D eigenvalue weighted by atomic mass is 10.1. The number of aliphatic carboxylic acids is 1. The largest absolute Gasteiger partial charge is 0.478 e. The normalized spacial score (nSPS) is 17.6. The predicted octanol–water partition coefficient (Wildman–Crippen LogP) is 2.09. The van der Waals surface area contributed by atoms with Crippen LogP contribution in [0.2, 0.25) is 0 Å². The van der Waals surface area contributed by atoms with Gasteiger partial charge in [-0.05, 0) is 30.9 Å². The van der Waals surface area contributed by atoms with E-state index in [1.807, 2.05) is 0 Å². The van der Waals surface area contributed by atoms with Crippen molar-refractivity contribution in [1.82, 2.24) is 0 Å². The first-order valence-electron chi connectivity index (χ1n) is 5.52. The molecular formula is C12H18O4S. The average molecular weight is 258 g/mol. The fourth-order valence-electron chi connectivity index (χ4n) is 1.61. The third-order valence-electron chi connectivity index (χ3n) is 2.81. The minimum Gasteiger partial charge on any atom is -0.478 e. The van der Waals surface area contributed by atoms with Gasteiger partial charge in [0.15, 0.2) is 0 Å². The molecule has 0 aromatic heterocycles. The molecule has 17 heavy (non-hydrogen) atoms. The fraction of sp³-hybridized carbons (Fsp3) is 0.667. The number of esters is 1. The van der Waals surface area contributed by atoms with Crippen LogP contribution in [0.3, 0.4) is 0 Å². The van der Waals surface area contributed by atoms with Crippen LogP contribution in [0.4, 0.5) is 0 Å². The molecule has 0 aromatic carbocycles. The third kappa shape index (κ3) is 5.26. The Hall–Kier alpha value is -0.970. The number of ether oxygens (including phenoxy) is 1. The van der Waals surface area contributed by atoms with Gasteiger partial charge in [-0.2, -0.15) is 11.8 Å². The highest BCUT2D eigenvalue weighted by molar-refractivity contribution is 7.99. The summed E-state index contributed by atoms with van der Waals surface area (Å²) in [7, 11) is 1.41. The third-order valence-corrected chi connectivity index (χ3v) is 4.29. The number of hydrogen-bond acceptors (Lipinski definition) is 4. The minimum absolute atomic E-state index is 0.112. The van der Waals surface area contributed by atoms with E-state index in [9.17, 15) is 9.59 Å². The number of carbonyl (C=O) groups is 2. The van der Waals surface area contributed by atoms with E-state index in [1.54, 1.807) is 18.7 Å². The van der Waals surface area contributed by atoms with Crippen molar-refractivity contribution < 1.29 is 19.4 Å². The molecule has 0 spiro atoms. The lowest BCUT2D eigenvalue weighted by Gasteiger charge is -2.12. The molecule has 0 bridgehead atoms. The second-order valence-corrected chi connectivity index (χ2v) is 5.56. The summed E-state index contributed by atoms with van der Waals surface area (Å²) in [6.45, 7) is 1.81. The number of hydrogen-bond donors (Lipinski definition) is 1. The molecule has 0 aromatic rings. The summed E-state index contributed by atoms with van der Waals surface area (Å²) in [5.74, 6) is 0.543. The van der Waals surface area contributed by atoms with E-state index < -0.39 is 5.97 Å². The Morgan fingerprint density at radius 3 is 2.59 bits per heavy atom. The van der Waals surface area contributed by atoms with Crippen LogP contribution >= 0.6 is 11.8 Å². The van der Waals surface area contributed by atoms with Gasteiger partial charge in [0, 0.05) is 11.8 Å². The van der Waals surface area contributed by atoms with Crippen LogP contribution in [0.5, 0.6) is 0 Å². The topological polar surface area (TPSA) is 63.6 Å². The lowest BCUT2D eigenvalue weighted by Crippen LogP contribution is -2.13. The van der Waals surface area contributed by atoms with Crippen LogP contribution in [-0.2, 0) is 14.3 Å². The maximum absolute atomic E-state index is 11.2. The van der Waals surface area contributed by atoms with Gasteiger partial charge in [0.25, 0.3) is 0 Å². The van der Waals surface area contributed by atoms with E-state index in [1.165, 1.54) is 13.2 Å². The van der Waals surface area contributed by atoms with Gasteiger partial charge in [-0.3, -0.25) is 4.79 Å². The molecular weight excluding hydrogens is 240 g/mol. The van der Waals surface area contributed by atoms with E-state index >= 15 is 0 Å². The highest BCUT2D eigenvalue weighted by atomic mass is 32.2. The fourth-order valence-corrected chi connectivity index (χ4v) is 2.94. The molecule has 0 radical (unpaired) electrons. The van der Waals surface area contributed by atoms with Crippen molar-refractivity contribution in [3.8, 4) is 0 Å². The molecule has 1 saturated carbocycles. The van der Waals surface area contributed by atoms with Gasteiger partial charge in [-0.15, -0.1) is 0 Å². The summed E-state index contributed by atoms with van der Waals surface area (Å²) in [6, 6.07) is 0. The zero-order valence-corrected chi connectivity index (χ0v) is 11.0. The van der Waals surface area contributed by atoms with Crippen molar-refractivity contribution >= 4 is 23.7 Å². The van der Waals surface area contributed by atoms with Gasteiger partial charge >= 0.3 is 11.9 Å². The predicted molar refractivity (Wildman–Crippen MR) is 67.0 cm³/mol. The SMILES string of the molecule is COC(=O)CC1(CSCC(C)=CC(=O)O)CC1. The maximum atomic E-state index is 11.2. The summed E-state index contributed by atoms with van der Waals surface area (Å²) >= 11 is 1.69. The van der Waals surface area contributed by atoms with Crippen molar-refractivity contribution in [2.45, 2.75) is 26.2 Å². The molecule has 1 aliphatic rings. The second-order valence-electron chi connectivity index (χ2n) is 4.57. The van der Waals surface area contributed by atoms with Gasteiger partial charge < -0.3 is 9.84 Å². The molecule has 1 fully saturated rings. The number of carboxylic acids is 1. The van der Waals surface area contributed by atoms with E-state index in [4.69, 9.17) is 5.11 Å². The first-order chi connectivity index (χ1) is 7.97. The molecule has 0 atom stereocenters. The summed E-state index contributed by atoms with van der Waals surface area (Å²) in [5.41, 5.74) is 0.956. The molecule has 1 N–H and O–H groups in total. The molecule has 0 unspecified atom stereocenters. The van der Waals surface area contributed by atoms with Crippen LogP contribution in [0, 0.1) is 5.41 Å². The number of rotatable bonds is 7. The summed E-state index contributed by atoms with van der Waals surface area (Å²) in [5, 5.41) is 8.56. The monoisotopic (exact) mass is 258 g/mol. The highest BCUT2D eigenvalue weighted by Gasteiger charge is 2.44. The molecule has 0 aliphatic heterocycles. The van der Waals surface area contributed by atoms with Gasteiger partial charge in [0.2, 0.25) is 0 Å². The van der Waals surface area contributed by atoms with Gasteiger partial charge in [-0.25, -0.2) is 4.79 Å². The van der Waals surface area contributed by atoms with E-state index in [2.05, 4.69) is 4.74 Å². The summed E-state index contributed by atoms with van der Waals surface area (Å²) in [6.07, 6.45) is 3.85. The number of methoxy groups -OCH3 is 1.